The molecule has 0 bridgehead atoms. The Labute approximate surface area is 451 Å². The van der Waals surface area contributed by atoms with Crippen LogP contribution in [0.2, 0.25) is 0 Å². The molecule has 3 rings (SSSR count). The molecule has 1 heterocycles. The zero-order valence-electron chi connectivity index (χ0n) is 47.2. The van der Waals surface area contributed by atoms with E-state index in [1.165, 1.54) is 254 Å². The molecule has 2 aromatic carbocycles. The number of carbonyl (C=O) groups excluding carboxylic acids is 1. The van der Waals surface area contributed by atoms with Gasteiger partial charge in [0.1, 0.15) is 11.3 Å². The van der Waals surface area contributed by atoms with Gasteiger partial charge in [0.05, 0.1) is 31.1 Å². The van der Waals surface area contributed by atoms with Crippen molar-refractivity contribution < 1.29 is 38.4 Å². The third-order valence-electron chi connectivity index (χ3n) is 15.7. The second kappa shape index (κ2) is 40.5. The summed E-state index contributed by atoms with van der Waals surface area (Å²) in [6.45, 7) is 18.0. The second-order valence-corrected chi connectivity index (χ2v) is 22.3. The molecule has 0 spiro atoms. The lowest BCUT2D eigenvalue weighted by Gasteiger charge is -2.28. The van der Waals surface area contributed by atoms with Crippen LogP contribution < -0.4 is 34.6 Å². The van der Waals surface area contributed by atoms with E-state index < -0.39 is 5.41 Å². The molecule has 402 valence electrons. The number of nitrogens with zero attached hydrogens (tertiary/aromatic N) is 1. The number of nitrogens with two attached hydrogens (primary N) is 1. The van der Waals surface area contributed by atoms with E-state index in [1.807, 2.05) is 6.92 Å². The summed E-state index contributed by atoms with van der Waals surface area (Å²) in [4.78, 5) is 21.1. The van der Waals surface area contributed by atoms with Crippen molar-refractivity contribution in [1.29, 1.82) is 0 Å². The van der Waals surface area contributed by atoms with Crippen molar-refractivity contribution in [2.45, 2.75) is 304 Å². The molecule has 0 amide bonds. The van der Waals surface area contributed by atoms with Crippen molar-refractivity contribution in [3.63, 3.8) is 0 Å². The number of fused-ring (bicyclic) bond motifs is 1. The van der Waals surface area contributed by atoms with Crippen LogP contribution in [0.5, 0.6) is 0 Å². The Hall–Kier alpha value is -1.93. The molecule has 0 atom stereocenters. The summed E-state index contributed by atoms with van der Waals surface area (Å²) < 4.78 is 5.89. The van der Waals surface area contributed by atoms with E-state index in [0.717, 1.165) is 64.5 Å². The van der Waals surface area contributed by atoms with E-state index in [2.05, 4.69) is 65.8 Å². The standard InChI is InChI=1S/C64H111N3O2.HI/c1-8-12-15-18-21-24-27-29-31-33-36-39-42-45-50-67(51-46-43-40-37-34-32-30-28-25-22-19-16-13-9-2)59-53-58-61(54(5)60(59)63(68)69-11-4)64(6,7)62(66-58)56-49-48-55(52-57(56)65)47-44-41-38-35-26-23-20-17-14-10-3;/h48-49,52-53H,8-47,50-51,65H2,1-7H3;1H. The number of anilines is 1. The van der Waals surface area contributed by atoms with E-state index in [9.17, 15) is 4.79 Å². The van der Waals surface area contributed by atoms with Gasteiger partial charge in [0, 0.05) is 22.7 Å². The van der Waals surface area contributed by atoms with Crippen LogP contribution >= 0.6 is 0 Å². The Balaban J connectivity index is 0.0000168. The quantitative estimate of drug-likeness (QED) is 0.0301. The average Bonchev–Trinajstić information content (AvgIpc) is 3.60. The number of quaternary nitrogens is 1. The van der Waals surface area contributed by atoms with Gasteiger partial charge in [0.15, 0.2) is 0 Å². The van der Waals surface area contributed by atoms with Crippen LogP contribution in [0.15, 0.2) is 29.3 Å². The summed E-state index contributed by atoms with van der Waals surface area (Å²) in [5.41, 5.74) is 15.7. The number of esters is 1. The van der Waals surface area contributed by atoms with Crippen LogP contribution in [-0.2, 0) is 16.6 Å². The highest BCUT2D eigenvalue weighted by Gasteiger charge is 2.41. The van der Waals surface area contributed by atoms with E-state index >= 15 is 0 Å². The lowest BCUT2D eigenvalue weighted by Crippen LogP contribution is -3.07. The van der Waals surface area contributed by atoms with Crippen LogP contribution in [0.4, 0.5) is 17.1 Å². The first kappa shape index (κ1) is 64.2. The van der Waals surface area contributed by atoms with Crippen molar-refractivity contribution in [3.05, 3.63) is 52.1 Å². The molecule has 0 radical (unpaired) electrons. The van der Waals surface area contributed by atoms with E-state index in [-0.39, 0.29) is 29.9 Å². The first-order valence-corrected chi connectivity index (χ1v) is 30.4. The highest BCUT2D eigenvalue weighted by atomic mass is 127. The Morgan fingerprint density at radius 2 is 0.914 bits per heavy atom. The largest absolute Gasteiger partial charge is 1.00 e. The highest BCUT2D eigenvalue weighted by molar-refractivity contribution is 6.16. The Morgan fingerprint density at radius 1 is 0.543 bits per heavy atom. The Morgan fingerprint density at radius 3 is 1.29 bits per heavy atom. The molecule has 1 aliphatic heterocycles. The molecule has 5 nitrogen and oxygen atoms in total. The van der Waals surface area contributed by atoms with Crippen molar-refractivity contribution in [1.82, 2.24) is 0 Å². The zero-order chi connectivity index (χ0) is 49.8. The molecular formula is C64H112IN3O2. The molecule has 0 saturated heterocycles. The number of ether oxygens (including phenoxy) is 1. The van der Waals surface area contributed by atoms with E-state index in [0.29, 0.717) is 6.61 Å². The number of carbonyl (C=O) groups is 1. The lowest BCUT2D eigenvalue weighted by molar-refractivity contribution is -0.833. The number of nitrogens with one attached hydrogen (secondary N) is 1. The first-order chi connectivity index (χ1) is 33.7. The molecule has 0 aromatic heterocycles. The summed E-state index contributed by atoms with van der Waals surface area (Å²) in [6.07, 6.45) is 52.6. The third-order valence-corrected chi connectivity index (χ3v) is 15.7. The first-order valence-electron chi connectivity index (χ1n) is 30.4. The van der Waals surface area contributed by atoms with Crippen LogP contribution in [0, 0.1) is 6.92 Å². The fourth-order valence-corrected chi connectivity index (χ4v) is 11.5. The molecule has 6 heteroatoms. The van der Waals surface area contributed by atoms with Gasteiger partial charge in [0.2, 0.25) is 0 Å². The van der Waals surface area contributed by atoms with Crippen LogP contribution in [-0.4, -0.2) is 31.4 Å². The predicted octanol–water partition coefficient (Wildman–Crippen LogP) is 16.1. The zero-order valence-corrected chi connectivity index (χ0v) is 49.4. The number of halogens is 1. The fraction of sp³-hybridized carbons (Fsp3) is 0.781. The summed E-state index contributed by atoms with van der Waals surface area (Å²) in [5, 5.41) is 0. The van der Waals surface area contributed by atoms with Gasteiger partial charge in [-0.05, 0) is 75.1 Å². The predicted molar refractivity (Wildman–Crippen MR) is 304 cm³/mol. The fourth-order valence-electron chi connectivity index (χ4n) is 11.5. The molecule has 2 aromatic rings. The van der Waals surface area contributed by atoms with Crippen LogP contribution in [0.3, 0.4) is 0 Å². The van der Waals surface area contributed by atoms with Crippen molar-refractivity contribution >= 4 is 28.7 Å². The van der Waals surface area contributed by atoms with Gasteiger partial charge in [-0.2, -0.15) is 0 Å². The Bertz CT molecular complexity index is 1640. The highest BCUT2D eigenvalue weighted by Crippen LogP contribution is 2.47. The third kappa shape index (κ3) is 24.9. The van der Waals surface area contributed by atoms with E-state index in [1.54, 1.807) is 0 Å². The number of nitrogen functional groups attached to an aromatic ring is 1. The molecule has 0 unspecified atom stereocenters. The summed E-state index contributed by atoms with van der Waals surface area (Å²) in [7, 11) is 0. The normalized spacial score (nSPS) is 12.9. The topological polar surface area (TPSA) is 69.1 Å². The van der Waals surface area contributed by atoms with E-state index in [4.69, 9.17) is 15.5 Å². The van der Waals surface area contributed by atoms with Gasteiger partial charge in [-0.15, -0.1) is 0 Å². The smallest absolute Gasteiger partial charge is 0.344 e. The monoisotopic (exact) mass is 1080 g/mol. The minimum absolute atomic E-state index is 0. The van der Waals surface area contributed by atoms with Gasteiger partial charge in [-0.3, -0.25) is 4.99 Å². The molecule has 0 saturated carbocycles. The SMILES string of the molecule is CCCCCCCCCCCCCCCC[NH+](CCCCCCCCCCCCCCCC)c1cc2c(c(C)c1C(=O)OCC)C(C)(C)C(c1ccc(CCCCCCCCCCCC)cc1N)=N2.[I-]. The average molecular weight is 1080 g/mol. The second-order valence-electron chi connectivity index (χ2n) is 22.3. The van der Waals surface area contributed by atoms with Gasteiger partial charge in [0.25, 0.3) is 0 Å². The lowest BCUT2D eigenvalue weighted by atomic mass is 9.75. The number of aryl methyl sites for hydroxylation is 1. The number of unbranched alkanes of at least 4 members (excludes halogenated alkanes) is 35. The maximum Gasteiger partial charge on any atom is 0.344 e. The molecule has 70 heavy (non-hydrogen) atoms. The maximum atomic E-state index is 14.2. The van der Waals surface area contributed by atoms with Crippen LogP contribution in [0.25, 0.3) is 0 Å². The molecule has 0 aliphatic carbocycles. The number of rotatable bonds is 45. The van der Waals surface area contributed by atoms with Gasteiger partial charge >= 0.3 is 5.97 Å². The van der Waals surface area contributed by atoms with Crippen molar-refractivity contribution in [2.75, 3.05) is 25.4 Å². The number of hydrogen-bond donors (Lipinski definition) is 2. The van der Waals surface area contributed by atoms with Gasteiger partial charge in [-0.1, -0.05) is 259 Å². The van der Waals surface area contributed by atoms with Gasteiger partial charge < -0.3 is 39.3 Å². The maximum absolute atomic E-state index is 14.2. The van der Waals surface area contributed by atoms with Crippen molar-refractivity contribution in [3.8, 4) is 0 Å². The minimum atomic E-state index is -0.408. The van der Waals surface area contributed by atoms with Crippen LogP contribution in [0.1, 0.15) is 318 Å². The number of aliphatic imine (C=N–C) groups is 1. The molecule has 3 N–H and O–H groups in total. The molecule has 0 fully saturated rings. The number of benzene rings is 2. The van der Waals surface area contributed by atoms with Crippen molar-refractivity contribution in [2.24, 2.45) is 4.99 Å². The summed E-state index contributed by atoms with van der Waals surface area (Å²) >= 11 is 0. The Kier molecular flexibility index (Phi) is 37.1. The van der Waals surface area contributed by atoms with Gasteiger partial charge in [-0.25, -0.2) is 4.79 Å². The minimum Gasteiger partial charge on any atom is -1.00 e. The molecule has 1 aliphatic rings. The number of hydrogen-bond acceptors (Lipinski definition) is 4. The summed E-state index contributed by atoms with van der Waals surface area (Å²) in [5.74, 6) is -0.188. The summed E-state index contributed by atoms with van der Waals surface area (Å²) in [6, 6.07) is 8.98. The molecular weight excluding hydrogens is 970 g/mol.